The molecule has 3 heteroatoms. The molecule has 1 rings (SSSR count). The first kappa shape index (κ1) is 12.2. The van der Waals surface area contributed by atoms with Gasteiger partial charge in [0, 0.05) is 15.0 Å². The highest BCUT2D eigenvalue weighted by atomic mass is 79.9. The van der Waals surface area contributed by atoms with Crippen LogP contribution in [0.4, 0.5) is 0 Å². The molecule has 14 heavy (non-hydrogen) atoms. The van der Waals surface area contributed by atoms with Crippen molar-refractivity contribution in [2.24, 2.45) is 11.7 Å². The maximum atomic E-state index is 6.11. The largest absolute Gasteiger partial charge is 0.324 e. The van der Waals surface area contributed by atoms with Crippen LogP contribution in [-0.2, 0) is 0 Å². The standard InChI is InChI=1S/C11H15Br2N/c1-7(2)5-11(14)9-6-8(12)3-4-10(9)13/h3-4,6-7,11H,5,14H2,1-2H3. The second kappa shape index (κ2) is 5.29. The van der Waals surface area contributed by atoms with Gasteiger partial charge in [-0.15, -0.1) is 0 Å². The van der Waals surface area contributed by atoms with Gasteiger partial charge < -0.3 is 5.73 Å². The average molecular weight is 321 g/mol. The Bertz CT molecular complexity index is 310. The first-order valence-electron chi connectivity index (χ1n) is 4.71. The summed E-state index contributed by atoms with van der Waals surface area (Å²) in [5.74, 6) is 0.621. The molecule has 0 aliphatic carbocycles. The summed E-state index contributed by atoms with van der Waals surface area (Å²) in [6.07, 6.45) is 1.01. The van der Waals surface area contributed by atoms with Crippen LogP contribution in [0.1, 0.15) is 31.9 Å². The average Bonchev–Trinajstić information content (AvgIpc) is 2.08. The third-order valence-corrected chi connectivity index (χ3v) is 3.30. The SMILES string of the molecule is CC(C)CC(N)c1cc(Br)ccc1Br. The van der Waals surface area contributed by atoms with Crippen molar-refractivity contribution >= 4 is 31.9 Å². The highest BCUT2D eigenvalue weighted by Crippen LogP contribution is 2.28. The Labute approximate surface area is 102 Å². The van der Waals surface area contributed by atoms with E-state index >= 15 is 0 Å². The third-order valence-electron chi connectivity index (χ3n) is 2.08. The van der Waals surface area contributed by atoms with Gasteiger partial charge in [-0.2, -0.15) is 0 Å². The topological polar surface area (TPSA) is 26.0 Å². The Morgan fingerprint density at radius 2 is 1.93 bits per heavy atom. The Balaban J connectivity index is 2.88. The summed E-state index contributed by atoms with van der Waals surface area (Å²) in [4.78, 5) is 0. The van der Waals surface area contributed by atoms with Gasteiger partial charge in [0.2, 0.25) is 0 Å². The summed E-state index contributed by atoms with van der Waals surface area (Å²) in [7, 11) is 0. The maximum Gasteiger partial charge on any atom is 0.0308 e. The van der Waals surface area contributed by atoms with Gasteiger partial charge in [0.15, 0.2) is 0 Å². The lowest BCUT2D eigenvalue weighted by Gasteiger charge is -2.16. The minimum absolute atomic E-state index is 0.113. The first-order valence-corrected chi connectivity index (χ1v) is 6.30. The van der Waals surface area contributed by atoms with Crippen molar-refractivity contribution < 1.29 is 0 Å². The van der Waals surface area contributed by atoms with Gasteiger partial charge in [0.05, 0.1) is 0 Å². The molecule has 1 unspecified atom stereocenters. The molecular weight excluding hydrogens is 306 g/mol. The van der Waals surface area contributed by atoms with Gasteiger partial charge in [-0.3, -0.25) is 0 Å². The van der Waals surface area contributed by atoms with Gasteiger partial charge in [-0.05, 0) is 36.1 Å². The molecule has 1 atom stereocenters. The molecule has 2 N–H and O–H groups in total. The zero-order valence-corrected chi connectivity index (χ0v) is 11.6. The molecule has 1 aromatic rings. The summed E-state index contributed by atoms with van der Waals surface area (Å²) in [6.45, 7) is 4.37. The third kappa shape index (κ3) is 3.37. The predicted molar refractivity (Wildman–Crippen MR) is 68.2 cm³/mol. The number of halogens is 2. The van der Waals surface area contributed by atoms with Crippen LogP contribution in [0.25, 0.3) is 0 Å². The summed E-state index contributed by atoms with van der Waals surface area (Å²) in [5.41, 5.74) is 7.29. The Hall–Kier alpha value is 0.140. The van der Waals surface area contributed by atoms with Crippen molar-refractivity contribution in [3.63, 3.8) is 0 Å². The van der Waals surface area contributed by atoms with Crippen molar-refractivity contribution in [1.29, 1.82) is 0 Å². The van der Waals surface area contributed by atoms with Crippen LogP contribution in [0.5, 0.6) is 0 Å². The minimum atomic E-state index is 0.113. The van der Waals surface area contributed by atoms with Crippen LogP contribution in [0.2, 0.25) is 0 Å². The molecule has 0 spiro atoms. The Kier molecular flexibility index (Phi) is 4.61. The fourth-order valence-corrected chi connectivity index (χ4v) is 2.35. The second-order valence-corrected chi connectivity index (χ2v) is 5.67. The van der Waals surface area contributed by atoms with Crippen LogP contribution < -0.4 is 5.73 Å². The smallest absolute Gasteiger partial charge is 0.0308 e. The molecule has 0 aliphatic rings. The molecule has 0 heterocycles. The van der Waals surface area contributed by atoms with E-state index in [9.17, 15) is 0 Å². The van der Waals surface area contributed by atoms with Gasteiger partial charge in [-0.1, -0.05) is 45.7 Å². The first-order chi connectivity index (χ1) is 6.50. The number of rotatable bonds is 3. The van der Waals surface area contributed by atoms with Gasteiger partial charge in [0.1, 0.15) is 0 Å². The molecule has 1 nitrogen and oxygen atoms in total. The highest BCUT2D eigenvalue weighted by Gasteiger charge is 2.11. The predicted octanol–water partition coefficient (Wildman–Crippen LogP) is 4.26. The van der Waals surface area contributed by atoms with Crippen molar-refractivity contribution in [2.75, 3.05) is 0 Å². The number of hydrogen-bond donors (Lipinski definition) is 1. The monoisotopic (exact) mass is 319 g/mol. The van der Waals surface area contributed by atoms with E-state index in [1.165, 1.54) is 5.56 Å². The van der Waals surface area contributed by atoms with E-state index in [1.807, 2.05) is 12.1 Å². The molecular formula is C11H15Br2N. The fourth-order valence-electron chi connectivity index (χ4n) is 1.43. The second-order valence-electron chi connectivity index (χ2n) is 3.90. The molecule has 0 fully saturated rings. The van der Waals surface area contributed by atoms with E-state index in [1.54, 1.807) is 0 Å². The number of nitrogens with two attached hydrogens (primary N) is 1. The van der Waals surface area contributed by atoms with E-state index < -0.39 is 0 Å². The van der Waals surface area contributed by atoms with E-state index in [0.29, 0.717) is 5.92 Å². The minimum Gasteiger partial charge on any atom is -0.324 e. The summed E-state index contributed by atoms with van der Waals surface area (Å²) in [5, 5.41) is 0. The molecule has 0 amide bonds. The lowest BCUT2D eigenvalue weighted by molar-refractivity contribution is 0.509. The lowest BCUT2D eigenvalue weighted by atomic mass is 9.98. The lowest BCUT2D eigenvalue weighted by Crippen LogP contribution is -2.13. The van der Waals surface area contributed by atoms with Gasteiger partial charge >= 0.3 is 0 Å². The van der Waals surface area contributed by atoms with Gasteiger partial charge in [0.25, 0.3) is 0 Å². The molecule has 0 radical (unpaired) electrons. The van der Waals surface area contributed by atoms with E-state index in [-0.39, 0.29) is 6.04 Å². The number of benzene rings is 1. The molecule has 0 saturated heterocycles. The molecule has 0 saturated carbocycles. The highest BCUT2D eigenvalue weighted by molar-refractivity contribution is 9.11. The van der Waals surface area contributed by atoms with Crippen LogP contribution in [0.3, 0.4) is 0 Å². The Morgan fingerprint density at radius 1 is 1.29 bits per heavy atom. The summed E-state index contributed by atoms with van der Waals surface area (Å²) in [6, 6.07) is 6.23. The summed E-state index contributed by atoms with van der Waals surface area (Å²) < 4.78 is 2.17. The molecule has 1 aromatic carbocycles. The molecule has 0 bridgehead atoms. The zero-order valence-electron chi connectivity index (χ0n) is 8.43. The van der Waals surface area contributed by atoms with E-state index in [2.05, 4.69) is 51.8 Å². The Morgan fingerprint density at radius 3 is 2.50 bits per heavy atom. The van der Waals surface area contributed by atoms with E-state index in [0.717, 1.165) is 15.4 Å². The van der Waals surface area contributed by atoms with E-state index in [4.69, 9.17) is 5.73 Å². The van der Waals surface area contributed by atoms with Crippen molar-refractivity contribution in [3.8, 4) is 0 Å². The molecule has 0 aromatic heterocycles. The van der Waals surface area contributed by atoms with Crippen LogP contribution in [0.15, 0.2) is 27.1 Å². The fraction of sp³-hybridized carbons (Fsp3) is 0.455. The normalized spacial score (nSPS) is 13.3. The van der Waals surface area contributed by atoms with Crippen LogP contribution >= 0.6 is 31.9 Å². The maximum absolute atomic E-state index is 6.11. The molecule has 0 aliphatic heterocycles. The van der Waals surface area contributed by atoms with Crippen molar-refractivity contribution in [2.45, 2.75) is 26.3 Å². The molecule has 78 valence electrons. The number of hydrogen-bond acceptors (Lipinski definition) is 1. The van der Waals surface area contributed by atoms with Gasteiger partial charge in [-0.25, -0.2) is 0 Å². The quantitative estimate of drug-likeness (QED) is 0.884. The van der Waals surface area contributed by atoms with Crippen molar-refractivity contribution in [3.05, 3.63) is 32.7 Å². The van der Waals surface area contributed by atoms with Crippen LogP contribution in [-0.4, -0.2) is 0 Å². The summed E-state index contributed by atoms with van der Waals surface area (Å²) >= 11 is 6.97. The zero-order chi connectivity index (χ0) is 10.7. The van der Waals surface area contributed by atoms with Crippen molar-refractivity contribution in [1.82, 2.24) is 0 Å². The van der Waals surface area contributed by atoms with Crippen LogP contribution in [0, 0.1) is 5.92 Å².